The molecule has 0 bridgehead atoms. The molecule has 0 fully saturated rings. The summed E-state index contributed by atoms with van der Waals surface area (Å²) >= 11 is 0. The molecular formula is C18H20N2O4. The van der Waals surface area contributed by atoms with Gasteiger partial charge in [-0.05, 0) is 29.8 Å². The van der Waals surface area contributed by atoms with E-state index in [1.807, 2.05) is 42.5 Å². The van der Waals surface area contributed by atoms with Gasteiger partial charge in [0.25, 0.3) is 0 Å². The number of nitrogens with one attached hydrogen (secondary N) is 2. The van der Waals surface area contributed by atoms with E-state index in [2.05, 4.69) is 10.6 Å². The largest absolute Gasteiger partial charge is 0.495 e. The third-order valence-corrected chi connectivity index (χ3v) is 3.68. The second-order valence-electron chi connectivity index (χ2n) is 5.36. The number of methoxy groups -OCH3 is 1. The predicted octanol–water partition coefficient (Wildman–Crippen LogP) is 2.54. The van der Waals surface area contributed by atoms with Gasteiger partial charge in [-0.2, -0.15) is 0 Å². The normalized spacial score (nSPS) is 12.0. The fourth-order valence-corrected chi connectivity index (χ4v) is 2.45. The summed E-state index contributed by atoms with van der Waals surface area (Å²) in [4.78, 5) is 12.0. The molecule has 1 heterocycles. The Kier molecular flexibility index (Phi) is 5.18. The Labute approximate surface area is 140 Å². The van der Waals surface area contributed by atoms with E-state index < -0.39 is 0 Å². The summed E-state index contributed by atoms with van der Waals surface area (Å²) in [5.74, 6) is 2.13. The number of hydrogen-bond donors (Lipinski definition) is 2. The van der Waals surface area contributed by atoms with Gasteiger partial charge < -0.3 is 24.8 Å². The topological polar surface area (TPSA) is 68.8 Å². The van der Waals surface area contributed by atoms with E-state index in [0.29, 0.717) is 30.9 Å². The number of carbonyl (C=O) groups is 1. The molecule has 2 N–H and O–H groups in total. The number of amides is 1. The van der Waals surface area contributed by atoms with Crippen LogP contribution in [0.2, 0.25) is 0 Å². The van der Waals surface area contributed by atoms with E-state index in [0.717, 1.165) is 17.1 Å². The van der Waals surface area contributed by atoms with Crippen molar-refractivity contribution >= 4 is 11.6 Å². The molecule has 2 aromatic rings. The van der Waals surface area contributed by atoms with Gasteiger partial charge in [0.15, 0.2) is 11.5 Å². The summed E-state index contributed by atoms with van der Waals surface area (Å²) in [6.45, 7) is 1.52. The number of carbonyl (C=O) groups excluding carboxylic acids is 1. The molecule has 126 valence electrons. The third kappa shape index (κ3) is 3.97. The number of rotatable bonds is 7. The Morgan fingerprint density at radius 2 is 2.00 bits per heavy atom. The van der Waals surface area contributed by atoms with Crippen molar-refractivity contribution in [1.82, 2.24) is 5.32 Å². The summed E-state index contributed by atoms with van der Waals surface area (Å²) in [5, 5.41) is 6.10. The molecule has 2 aromatic carbocycles. The van der Waals surface area contributed by atoms with Gasteiger partial charge >= 0.3 is 0 Å². The van der Waals surface area contributed by atoms with Crippen LogP contribution in [0, 0.1) is 0 Å². The van der Waals surface area contributed by atoms with Gasteiger partial charge in [-0.1, -0.05) is 18.2 Å². The number of fused-ring (bicyclic) bond motifs is 1. The fraction of sp³-hybridized carbons (Fsp3) is 0.278. The first kappa shape index (κ1) is 16.1. The van der Waals surface area contributed by atoms with Crippen LogP contribution in [0.5, 0.6) is 17.2 Å². The maximum absolute atomic E-state index is 12.0. The molecule has 0 radical (unpaired) electrons. The molecule has 0 unspecified atom stereocenters. The van der Waals surface area contributed by atoms with E-state index in [-0.39, 0.29) is 12.7 Å². The van der Waals surface area contributed by atoms with Gasteiger partial charge in [0.1, 0.15) is 5.75 Å². The molecule has 1 aliphatic heterocycles. The number of ether oxygens (including phenoxy) is 3. The molecule has 0 saturated heterocycles. The lowest BCUT2D eigenvalue weighted by Crippen LogP contribution is -2.21. The Morgan fingerprint density at radius 3 is 2.88 bits per heavy atom. The van der Waals surface area contributed by atoms with E-state index >= 15 is 0 Å². The van der Waals surface area contributed by atoms with Gasteiger partial charge in [-0.3, -0.25) is 4.79 Å². The zero-order chi connectivity index (χ0) is 16.8. The maximum atomic E-state index is 12.0. The first-order valence-electron chi connectivity index (χ1n) is 7.78. The molecule has 0 saturated carbocycles. The number of anilines is 1. The highest BCUT2D eigenvalue weighted by molar-refractivity contribution is 5.92. The SMILES string of the molecule is COc1ccccc1NC(=O)CCNCc1ccc2c(c1)OCO2. The summed E-state index contributed by atoms with van der Waals surface area (Å²) in [6, 6.07) is 13.2. The van der Waals surface area contributed by atoms with Crippen LogP contribution in [0.15, 0.2) is 42.5 Å². The zero-order valence-electron chi connectivity index (χ0n) is 13.5. The van der Waals surface area contributed by atoms with E-state index in [1.165, 1.54) is 0 Å². The third-order valence-electron chi connectivity index (χ3n) is 3.68. The lowest BCUT2D eigenvalue weighted by Gasteiger charge is -2.10. The first-order chi connectivity index (χ1) is 11.8. The van der Waals surface area contributed by atoms with Crippen molar-refractivity contribution in [1.29, 1.82) is 0 Å². The summed E-state index contributed by atoms with van der Waals surface area (Å²) < 4.78 is 15.8. The van der Waals surface area contributed by atoms with E-state index in [1.54, 1.807) is 7.11 Å². The molecule has 0 atom stereocenters. The van der Waals surface area contributed by atoms with Crippen molar-refractivity contribution in [2.45, 2.75) is 13.0 Å². The molecule has 1 aliphatic rings. The smallest absolute Gasteiger partial charge is 0.231 e. The van der Waals surface area contributed by atoms with Gasteiger partial charge in [0, 0.05) is 19.5 Å². The molecule has 1 amide bonds. The fourth-order valence-electron chi connectivity index (χ4n) is 2.45. The summed E-state index contributed by atoms with van der Waals surface area (Å²) in [5.41, 5.74) is 1.77. The highest BCUT2D eigenvalue weighted by Gasteiger charge is 2.13. The summed E-state index contributed by atoms with van der Waals surface area (Å²) in [6.07, 6.45) is 0.378. The van der Waals surface area contributed by atoms with Crippen molar-refractivity contribution in [2.75, 3.05) is 25.8 Å². The van der Waals surface area contributed by atoms with Crippen LogP contribution in [0.25, 0.3) is 0 Å². The standard InChI is InChI=1S/C18H20N2O4/c1-22-15-5-3-2-4-14(15)20-18(21)8-9-19-11-13-6-7-16-17(10-13)24-12-23-16/h2-7,10,19H,8-9,11-12H2,1H3,(H,20,21). The van der Waals surface area contributed by atoms with Gasteiger partial charge in [-0.25, -0.2) is 0 Å². The van der Waals surface area contributed by atoms with Crippen LogP contribution in [-0.2, 0) is 11.3 Å². The van der Waals surface area contributed by atoms with Crippen LogP contribution >= 0.6 is 0 Å². The first-order valence-corrected chi connectivity index (χ1v) is 7.78. The van der Waals surface area contributed by atoms with Crippen molar-refractivity contribution in [2.24, 2.45) is 0 Å². The molecule has 0 spiro atoms. The van der Waals surface area contributed by atoms with Crippen LogP contribution in [0.3, 0.4) is 0 Å². The average molecular weight is 328 g/mol. The van der Waals surface area contributed by atoms with Crippen molar-refractivity contribution in [3.05, 3.63) is 48.0 Å². The minimum absolute atomic E-state index is 0.0577. The second kappa shape index (κ2) is 7.70. The van der Waals surface area contributed by atoms with Crippen LogP contribution in [0.1, 0.15) is 12.0 Å². The predicted molar refractivity (Wildman–Crippen MR) is 90.5 cm³/mol. The Balaban J connectivity index is 1.42. The molecular weight excluding hydrogens is 308 g/mol. The van der Waals surface area contributed by atoms with Crippen LogP contribution < -0.4 is 24.8 Å². The highest BCUT2D eigenvalue weighted by Crippen LogP contribution is 2.32. The molecule has 6 nitrogen and oxygen atoms in total. The zero-order valence-corrected chi connectivity index (χ0v) is 13.5. The maximum Gasteiger partial charge on any atom is 0.231 e. The Bertz CT molecular complexity index is 718. The van der Waals surface area contributed by atoms with Gasteiger partial charge in [0.05, 0.1) is 12.8 Å². The monoisotopic (exact) mass is 328 g/mol. The molecule has 0 aliphatic carbocycles. The Morgan fingerprint density at radius 1 is 1.17 bits per heavy atom. The van der Waals surface area contributed by atoms with Crippen molar-refractivity contribution in [3.8, 4) is 17.2 Å². The number of para-hydroxylation sites is 2. The molecule has 6 heteroatoms. The lowest BCUT2D eigenvalue weighted by atomic mass is 10.2. The molecule has 24 heavy (non-hydrogen) atoms. The molecule has 0 aromatic heterocycles. The number of hydrogen-bond acceptors (Lipinski definition) is 5. The minimum Gasteiger partial charge on any atom is -0.495 e. The second-order valence-corrected chi connectivity index (χ2v) is 5.36. The lowest BCUT2D eigenvalue weighted by molar-refractivity contribution is -0.116. The van der Waals surface area contributed by atoms with Crippen LogP contribution in [0.4, 0.5) is 5.69 Å². The highest BCUT2D eigenvalue weighted by atomic mass is 16.7. The number of benzene rings is 2. The van der Waals surface area contributed by atoms with Gasteiger partial charge in [0.2, 0.25) is 12.7 Å². The van der Waals surface area contributed by atoms with Crippen LogP contribution in [-0.4, -0.2) is 26.4 Å². The minimum atomic E-state index is -0.0577. The Hall–Kier alpha value is -2.73. The van der Waals surface area contributed by atoms with Crippen molar-refractivity contribution in [3.63, 3.8) is 0 Å². The molecule has 3 rings (SSSR count). The summed E-state index contributed by atoms with van der Waals surface area (Å²) in [7, 11) is 1.58. The van der Waals surface area contributed by atoms with E-state index in [9.17, 15) is 4.79 Å². The van der Waals surface area contributed by atoms with Gasteiger partial charge in [-0.15, -0.1) is 0 Å². The van der Waals surface area contributed by atoms with Crippen molar-refractivity contribution < 1.29 is 19.0 Å². The quantitative estimate of drug-likeness (QED) is 0.765. The van der Waals surface area contributed by atoms with E-state index in [4.69, 9.17) is 14.2 Å². The average Bonchev–Trinajstić information content (AvgIpc) is 3.07.